The molecular formula is C21H25NO3S. The zero-order valence-corrected chi connectivity index (χ0v) is 15.9. The van der Waals surface area contributed by atoms with E-state index < -0.39 is 6.10 Å². The van der Waals surface area contributed by atoms with Crippen LogP contribution in [0.4, 0.5) is 5.69 Å². The summed E-state index contributed by atoms with van der Waals surface area (Å²) in [7, 11) is 0. The second-order valence-electron chi connectivity index (χ2n) is 6.70. The number of fused-ring (bicyclic) bond motifs is 1. The number of nitrogens with zero attached hydrogens (tertiary/aromatic N) is 1. The molecule has 1 aliphatic heterocycles. The first-order valence-corrected chi connectivity index (χ1v) is 9.99. The highest BCUT2D eigenvalue weighted by Crippen LogP contribution is 2.45. The molecular weight excluding hydrogens is 346 g/mol. The summed E-state index contributed by atoms with van der Waals surface area (Å²) in [4.78, 5) is 14.9. The Balaban J connectivity index is 1.96. The van der Waals surface area contributed by atoms with Crippen LogP contribution in [0.1, 0.15) is 40.1 Å². The molecule has 0 saturated carbocycles. The summed E-state index contributed by atoms with van der Waals surface area (Å²) in [5, 5.41) is 19.9. The molecule has 4 nitrogen and oxygen atoms in total. The van der Waals surface area contributed by atoms with Gasteiger partial charge in [-0.05, 0) is 49.8 Å². The molecule has 5 heteroatoms. The Labute approximate surface area is 158 Å². The molecule has 1 heterocycles. The number of benzene rings is 2. The Bertz CT molecular complexity index is 762. The maximum Gasteiger partial charge on any atom is 0.258 e. The quantitative estimate of drug-likeness (QED) is 0.789. The van der Waals surface area contributed by atoms with Crippen LogP contribution in [0, 0.1) is 6.92 Å². The Hall–Kier alpha value is -1.82. The van der Waals surface area contributed by atoms with Crippen molar-refractivity contribution in [1.82, 2.24) is 0 Å². The lowest BCUT2D eigenvalue weighted by atomic mass is 9.92. The van der Waals surface area contributed by atoms with Gasteiger partial charge in [0.2, 0.25) is 0 Å². The van der Waals surface area contributed by atoms with Gasteiger partial charge in [-0.25, -0.2) is 0 Å². The molecule has 0 bridgehead atoms. The highest BCUT2D eigenvalue weighted by molar-refractivity contribution is 7.99. The maximum absolute atomic E-state index is 13.2. The fourth-order valence-corrected chi connectivity index (χ4v) is 4.70. The first-order valence-electron chi connectivity index (χ1n) is 8.94. The van der Waals surface area contributed by atoms with Crippen molar-refractivity contribution in [2.75, 3.05) is 17.3 Å². The minimum Gasteiger partial charge on any atom is -0.396 e. The number of carbonyl (C=O) groups is 1. The van der Waals surface area contributed by atoms with E-state index in [4.69, 9.17) is 5.11 Å². The molecule has 2 N–H and O–H groups in total. The summed E-state index contributed by atoms with van der Waals surface area (Å²) >= 11 is 1.64. The van der Waals surface area contributed by atoms with E-state index in [-0.39, 0.29) is 23.8 Å². The number of hydrogen-bond donors (Lipinski definition) is 2. The van der Waals surface area contributed by atoms with Gasteiger partial charge in [-0.3, -0.25) is 4.79 Å². The number of aliphatic hydroxyl groups is 2. The van der Waals surface area contributed by atoms with Crippen LogP contribution in [0.2, 0.25) is 0 Å². The first kappa shape index (κ1) is 19.0. The predicted molar refractivity (Wildman–Crippen MR) is 107 cm³/mol. The normalized spacial score (nSPS) is 22.2. The molecule has 26 heavy (non-hydrogen) atoms. The van der Waals surface area contributed by atoms with Gasteiger partial charge in [0, 0.05) is 17.9 Å². The Kier molecular flexibility index (Phi) is 6.01. The fourth-order valence-electron chi connectivity index (χ4n) is 3.35. The number of aliphatic hydroxyl groups excluding tert-OH is 2. The Morgan fingerprint density at radius 2 is 1.85 bits per heavy atom. The van der Waals surface area contributed by atoms with Gasteiger partial charge in [0.15, 0.2) is 0 Å². The molecule has 2 aromatic carbocycles. The summed E-state index contributed by atoms with van der Waals surface area (Å²) in [6, 6.07) is 15.0. The third-order valence-electron chi connectivity index (χ3n) is 4.83. The van der Waals surface area contributed by atoms with Crippen LogP contribution in [0.15, 0.2) is 48.5 Å². The summed E-state index contributed by atoms with van der Waals surface area (Å²) < 4.78 is 0. The van der Waals surface area contributed by atoms with Crippen molar-refractivity contribution in [1.29, 1.82) is 0 Å². The number of anilines is 1. The molecule has 3 rings (SSSR count). The highest BCUT2D eigenvalue weighted by atomic mass is 32.2. The first-order chi connectivity index (χ1) is 12.5. The molecule has 0 spiro atoms. The summed E-state index contributed by atoms with van der Waals surface area (Å²) in [6.07, 6.45) is 0.0270. The maximum atomic E-state index is 13.2. The van der Waals surface area contributed by atoms with E-state index in [1.165, 1.54) is 0 Å². The fraction of sp³-hybridized carbons (Fsp3) is 0.381. The SMILES string of the molecule is Cc1ccc(C(=O)N2c3ccccc3[C@H](SCCCO)[C@@H](O)[C@@H]2C)cc1. The predicted octanol–water partition coefficient (Wildman–Crippen LogP) is 3.56. The summed E-state index contributed by atoms with van der Waals surface area (Å²) in [6.45, 7) is 4.03. The lowest BCUT2D eigenvalue weighted by molar-refractivity contribution is 0.0902. The Morgan fingerprint density at radius 1 is 1.15 bits per heavy atom. The number of thioether (sulfide) groups is 1. The van der Waals surface area contributed by atoms with Gasteiger partial charge >= 0.3 is 0 Å². The van der Waals surface area contributed by atoms with E-state index >= 15 is 0 Å². The highest BCUT2D eigenvalue weighted by Gasteiger charge is 2.40. The Morgan fingerprint density at radius 3 is 2.54 bits per heavy atom. The monoisotopic (exact) mass is 371 g/mol. The number of amides is 1. The summed E-state index contributed by atoms with van der Waals surface area (Å²) in [5.74, 6) is 0.674. The zero-order valence-electron chi connectivity index (χ0n) is 15.1. The van der Waals surface area contributed by atoms with Crippen molar-refractivity contribution in [3.05, 3.63) is 65.2 Å². The van der Waals surface area contributed by atoms with Crippen LogP contribution >= 0.6 is 11.8 Å². The molecule has 3 atom stereocenters. The van der Waals surface area contributed by atoms with E-state index in [2.05, 4.69) is 0 Å². The van der Waals surface area contributed by atoms with Gasteiger partial charge in [-0.15, -0.1) is 0 Å². The molecule has 0 unspecified atom stereocenters. The van der Waals surface area contributed by atoms with Gasteiger partial charge in [-0.2, -0.15) is 11.8 Å². The van der Waals surface area contributed by atoms with Crippen LogP contribution in [0.25, 0.3) is 0 Å². The van der Waals surface area contributed by atoms with Gasteiger partial charge in [0.25, 0.3) is 5.91 Å². The molecule has 0 fully saturated rings. The third kappa shape index (κ3) is 3.65. The largest absolute Gasteiger partial charge is 0.396 e. The number of carbonyl (C=O) groups excluding carboxylic acids is 1. The average molecular weight is 372 g/mol. The van der Waals surface area contributed by atoms with Crippen molar-refractivity contribution in [3.8, 4) is 0 Å². The molecule has 1 amide bonds. The molecule has 1 aliphatic rings. The van der Waals surface area contributed by atoms with Crippen molar-refractivity contribution < 1.29 is 15.0 Å². The van der Waals surface area contributed by atoms with Crippen molar-refractivity contribution in [3.63, 3.8) is 0 Å². The smallest absolute Gasteiger partial charge is 0.258 e. The van der Waals surface area contributed by atoms with Crippen LogP contribution < -0.4 is 4.90 Å². The summed E-state index contributed by atoms with van der Waals surface area (Å²) in [5.41, 5.74) is 3.56. The van der Waals surface area contributed by atoms with Gasteiger partial charge in [0.05, 0.1) is 17.4 Å². The van der Waals surface area contributed by atoms with E-state index in [1.54, 1.807) is 16.7 Å². The van der Waals surface area contributed by atoms with Gasteiger partial charge in [0.1, 0.15) is 0 Å². The van der Waals surface area contributed by atoms with Crippen molar-refractivity contribution >= 4 is 23.4 Å². The lowest BCUT2D eigenvalue weighted by Gasteiger charge is -2.42. The number of hydrogen-bond acceptors (Lipinski definition) is 4. The van der Waals surface area contributed by atoms with Crippen LogP contribution in [-0.2, 0) is 0 Å². The molecule has 0 aromatic heterocycles. The van der Waals surface area contributed by atoms with E-state index in [9.17, 15) is 9.90 Å². The van der Waals surface area contributed by atoms with Gasteiger partial charge < -0.3 is 15.1 Å². The average Bonchev–Trinajstić information content (AvgIpc) is 2.65. The second kappa shape index (κ2) is 8.25. The van der Waals surface area contributed by atoms with Crippen molar-refractivity contribution in [2.45, 2.75) is 37.7 Å². The number of rotatable bonds is 5. The number of para-hydroxylation sites is 1. The van der Waals surface area contributed by atoms with Crippen molar-refractivity contribution in [2.24, 2.45) is 0 Å². The molecule has 0 aliphatic carbocycles. The lowest BCUT2D eigenvalue weighted by Crippen LogP contribution is -2.51. The number of aryl methyl sites for hydroxylation is 1. The van der Waals surface area contributed by atoms with E-state index in [1.807, 2.05) is 62.4 Å². The standard InChI is InChI=1S/C21H25NO3S/c1-14-8-10-16(11-9-14)21(25)22-15(2)19(24)20(26-13-5-12-23)17-6-3-4-7-18(17)22/h3-4,6-11,15,19-20,23-24H,5,12-13H2,1-2H3/t15-,19-,20-/m0/s1. The third-order valence-corrected chi connectivity index (χ3v) is 6.25. The van der Waals surface area contributed by atoms with E-state index in [0.29, 0.717) is 12.0 Å². The molecule has 2 aromatic rings. The minimum absolute atomic E-state index is 0.0946. The molecule has 138 valence electrons. The topological polar surface area (TPSA) is 60.8 Å². The molecule has 0 radical (unpaired) electrons. The van der Waals surface area contributed by atoms with E-state index in [0.717, 1.165) is 22.6 Å². The van der Waals surface area contributed by atoms with Crippen LogP contribution in [0.5, 0.6) is 0 Å². The second-order valence-corrected chi connectivity index (χ2v) is 7.95. The van der Waals surface area contributed by atoms with Crippen LogP contribution in [-0.4, -0.2) is 40.6 Å². The van der Waals surface area contributed by atoms with Crippen LogP contribution in [0.3, 0.4) is 0 Å². The van der Waals surface area contributed by atoms with Gasteiger partial charge in [-0.1, -0.05) is 35.9 Å². The molecule has 0 saturated heterocycles. The minimum atomic E-state index is -0.664. The zero-order chi connectivity index (χ0) is 18.7.